The van der Waals surface area contributed by atoms with Crippen molar-refractivity contribution in [3.05, 3.63) is 48.5 Å². The van der Waals surface area contributed by atoms with E-state index in [2.05, 4.69) is 15.3 Å². The van der Waals surface area contributed by atoms with Gasteiger partial charge >= 0.3 is 0 Å². The number of nitrogens with one attached hydrogen (secondary N) is 1. The lowest BCUT2D eigenvalue weighted by molar-refractivity contribution is 0.597. The average molecular weight is 278 g/mol. The quantitative estimate of drug-likeness (QED) is 0.878. The lowest BCUT2D eigenvalue weighted by atomic mass is 10.1. The molecule has 100 valence electrons. The first-order valence-electron chi connectivity index (χ1n) is 5.61. The standard InChI is InChI=1S/C12H14N4O2S/c1-9(16-11-6-14-8-15-7-11)10-3-2-4-12(5-10)19(13,17)18/h2-9,16H,1H3,(H2,13,17,18). The van der Waals surface area contributed by atoms with Crippen molar-refractivity contribution >= 4 is 15.7 Å². The number of sulfonamides is 1. The topological polar surface area (TPSA) is 98.0 Å². The second kappa shape index (κ2) is 5.33. The van der Waals surface area contributed by atoms with Gasteiger partial charge in [-0.05, 0) is 24.6 Å². The molecule has 0 saturated heterocycles. The number of hydrogen-bond donors (Lipinski definition) is 2. The van der Waals surface area contributed by atoms with Gasteiger partial charge in [-0.2, -0.15) is 0 Å². The zero-order valence-corrected chi connectivity index (χ0v) is 11.1. The van der Waals surface area contributed by atoms with Gasteiger partial charge in [-0.3, -0.25) is 0 Å². The number of hydrogen-bond acceptors (Lipinski definition) is 5. The molecule has 0 aliphatic carbocycles. The molecule has 0 aliphatic heterocycles. The molecule has 2 aromatic rings. The van der Waals surface area contributed by atoms with Crippen molar-refractivity contribution in [1.29, 1.82) is 0 Å². The van der Waals surface area contributed by atoms with Gasteiger partial charge in [-0.1, -0.05) is 12.1 Å². The van der Waals surface area contributed by atoms with E-state index in [4.69, 9.17) is 5.14 Å². The molecule has 1 aromatic carbocycles. The molecule has 2 rings (SSSR count). The Morgan fingerprint density at radius 3 is 2.58 bits per heavy atom. The van der Waals surface area contributed by atoms with Crippen molar-refractivity contribution < 1.29 is 8.42 Å². The van der Waals surface area contributed by atoms with Crippen molar-refractivity contribution in [2.24, 2.45) is 5.14 Å². The number of primary sulfonamides is 1. The molecule has 1 aromatic heterocycles. The Hall–Kier alpha value is -1.99. The molecule has 0 radical (unpaired) electrons. The van der Waals surface area contributed by atoms with E-state index < -0.39 is 10.0 Å². The minimum absolute atomic E-state index is 0.0901. The molecule has 0 amide bonds. The third-order valence-electron chi connectivity index (χ3n) is 2.63. The molecule has 0 spiro atoms. The van der Waals surface area contributed by atoms with Gasteiger partial charge in [0.15, 0.2) is 0 Å². The van der Waals surface area contributed by atoms with Crippen LogP contribution in [0.25, 0.3) is 0 Å². The van der Waals surface area contributed by atoms with Gasteiger partial charge in [0.1, 0.15) is 6.33 Å². The number of anilines is 1. The summed E-state index contributed by atoms with van der Waals surface area (Å²) in [7, 11) is -3.68. The van der Waals surface area contributed by atoms with E-state index in [-0.39, 0.29) is 10.9 Å². The minimum Gasteiger partial charge on any atom is -0.376 e. The molecule has 3 N–H and O–H groups in total. The van der Waals surface area contributed by atoms with E-state index >= 15 is 0 Å². The summed E-state index contributed by atoms with van der Waals surface area (Å²) in [5.41, 5.74) is 1.58. The van der Waals surface area contributed by atoms with Crippen LogP contribution in [0.1, 0.15) is 18.5 Å². The highest BCUT2D eigenvalue weighted by atomic mass is 32.2. The molecule has 0 saturated carbocycles. The molecule has 6 nitrogen and oxygen atoms in total. The van der Waals surface area contributed by atoms with Gasteiger partial charge < -0.3 is 5.32 Å². The SMILES string of the molecule is CC(Nc1cncnc1)c1cccc(S(N)(=O)=O)c1. The van der Waals surface area contributed by atoms with Crippen molar-refractivity contribution in [3.63, 3.8) is 0 Å². The number of nitrogens with two attached hydrogens (primary N) is 1. The monoisotopic (exact) mass is 278 g/mol. The Morgan fingerprint density at radius 1 is 1.26 bits per heavy atom. The molecule has 1 heterocycles. The highest BCUT2D eigenvalue weighted by molar-refractivity contribution is 7.89. The van der Waals surface area contributed by atoms with Crippen LogP contribution in [-0.2, 0) is 10.0 Å². The molecule has 19 heavy (non-hydrogen) atoms. The maximum Gasteiger partial charge on any atom is 0.238 e. The largest absolute Gasteiger partial charge is 0.376 e. The summed E-state index contributed by atoms with van der Waals surface area (Å²) < 4.78 is 22.6. The number of aromatic nitrogens is 2. The van der Waals surface area contributed by atoms with Crippen LogP contribution in [-0.4, -0.2) is 18.4 Å². The Labute approximate surface area is 111 Å². The van der Waals surface area contributed by atoms with Crippen LogP contribution in [0.2, 0.25) is 0 Å². The van der Waals surface area contributed by atoms with Crippen molar-refractivity contribution in [2.75, 3.05) is 5.32 Å². The number of rotatable bonds is 4. The highest BCUT2D eigenvalue weighted by Gasteiger charge is 2.11. The first kappa shape index (κ1) is 13.4. The van der Waals surface area contributed by atoms with Crippen molar-refractivity contribution in [1.82, 2.24) is 9.97 Å². The van der Waals surface area contributed by atoms with Crippen LogP contribution < -0.4 is 10.5 Å². The van der Waals surface area contributed by atoms with Crippen molar-refractivity contribution in [2.45, 2.75) is 17.9 Å². The third kappa shape index (κ3) is 3.49. The molecule has 7 heteroatoms. The van der Waals surface area contributed by atoms with E-state index in [1.807, 2.05) is 13.0 Å². The molecule has 1 atom stereocenters. The summed E-state index contributed by atoms with van der Waals surface area (Å²) in [5.74, 6) is 0. The van der Waals surface area contributed by atoms with E-state index in [0.29, 0.717) is 0 Å². The zero-order chi connectivity index (χ0) is 13.9. The second-order valence-electron chi connectivity index (χ2n) is 4.11. The maximum atomic E-state index is 11.3. The Morgan fingerprint density at radius 2 is 1.95 bits per heavy atom. The van der Waals surface area contributed by atoms with E-state index in [1.165, 1.54) is 12.4 Å². The van der Waals surface area contributed by atoms with Gasteiger partial charge in [0.05, 0.1) is 23.0 Å². The first-order valence-corrected chi connectivity index (χ1v) is 7.16. The summed E-state index contributed by atoms with van der Waals surface area (Å²) >= 11 is 0. The van der Waals surface area contributed by atoms with Crippen LogP contribution in [0.4, 0.5) is 5.69 Å². The normalized spacial score (nSPS) is 12.9. The van der Waals surface area contributed by atoms with Gasteiger partial charge in [-0.15, -0.1) is 0 Å². The van der Waals surface area contributed by atoms with Gasteiger partial charge in [-0.25, -0.2) is 23.5 Å². The first-order chi connectivity index (χ1) is 8.97. The van der Waals surface area contributed by atoms with Gasteiger partial charge in [0.25, 0.3) is 0 Å². The molecular weight excluding hydrogens is 264 g/mol. The smallest absolute Gasteiger partial charge is 0.238 e. The molecular formula is C12H14N4O2S. The van der Waals surface area contributed by atoms with Crippen LogP contribution in [0.3, 0.4) is 0 Å². The van der Waals surface area contributed by atoms with Gasteiger partial charge in [0, 0.05) is 6.04 Å². The average Bonchev–Trinajstić information content (AvgIpc) is 2.39. The minimum atomic E-state index is -3.68. The molecule has 0 fully saturated rings. The maximum absolute atomic E-state index is 11.3. The second-order valence-corrected chi connectivity index (χ2v) is 5.67. The lowest BCUT2D eigenvalue weighted by Gasteiger charge is -2.15. The van der Waals surface area contributed by atoms with Crippen molar-refractivity contribution in [3.8, 4) is 0 Å². The fraction of sp³-hybridized carbons (Fsp3) is 0.167. The van der Waals surface area contributed by atoms with Crippen LogP contribution in [0.15, 0.2) is 47.9 Å². The van der Waals surface area contributed by atoms with Gasteiger partial charge in [0.2, 0.25) is 10.0 Å². The van der Waals surface area contributed by atoms with E-state index in [0.717, 1.165) is 11.3 Å². The number of benzene rings is 1. The fourth-order valence-electron chi connectivity index (χ4n) is 1.67. The third-order valence-corrected chi connectivity index (χ3v) is 3.54. The highest BCUT2D eigenvalue weighted by Crippen LogP contribution is 2.20. The van der Waals surface area contributed by atoms with Crippen LogP contribution >= 0.6 is 0 Å². The number of nitrogens with zero attached hydrogens (tertiary/aromatic N) is 2. The Kier molecular flexibility index (Phi) is 3.77. The fourth-order valence-corrected chi connectivity index (χ4v) is 2.24. The summed E-state index contributed by atoms with van der Waals surface area (Å²) in [5, 5.41) is 8.29. The van der Waals surface area contributed by atoms with Crippen LogP contribution in [0, 0.1) is 0 Å². The lowest BCUT2D eigenvalue weighted by Crippen LogP contribution is -2.13. The summed E-state index contributed by atoms with van der Waals surface area (Å²) in [4.78, 5) is 7.90. The zero-order valence-electron chi connectivity index (χ0n) is 10.3. The van der Waals surface area contributed by atoms with E-state index in [9.17, 15) is 8.42 Å². The predicted octanol–water partition coefficient (Wildman–Crippen LogP) is 1.30. The Bertz CT molecular complexity index is 658. The Balaban J connectivity index is 2.23. The summed E-state index contributed by atoms with van der Waals surface area (Å²) in [6, 6.07) is 6.42. The summed E-state index contributed by atoms with van der Waals surface area (Å²) in [6.45, 7) is 1.91. The molecule has 0 aliphatic rings. The van der Waals surface area contributed by atoms with E-state index in [1.54, 1.807) is 24.5 Å². The summed E-state index contributed by atoms with van der Waals surface area (Å²) in [6.07, 6.45) is 4.73. The van der Waals surface area contributed by atoms with Crippen LogP contribution in [0.5, 0.6) is 0 Å². The molecule has 1 unspecified atom stereocenters. The molecule has 0 bridgehead atoms. The predicted molar refractivity (Wildman–Crippen MR) is 71.9 cm³/mol.